The zero-order chi connectivity index (χ0) is 17.2. The van der Waals surface area contributed by atoms with E-state index in [-0.39, 0.29) is 6.04 Å². The average molecular weight is 494 g/mol. The summed E-state index contributed by atoms with van der Waals surface area (Å²) in [6.45, 7) is 0. The first-order valence-electron chi connectivity index (χ1n) is 7.77. The van der Waals surface area contributed by atoms with E-state index >= 15 is 0 Å². The standard InChI is InChI=1S/C19H14Br2N2S2/c20-13-5-8-17(16(21)11-13)23-18(19-4-2-10-25-19)12-14(22-23)6-7-15-3-1-9-24-15/h1-11,18H,12H2/b7-6+. The number of hydrogen-bond acceptors (Lipinski definition) is 4. The van der Waals surface area contributed by atoms with Gasteiger partial charge in [0.25, 0.3) is 0 Å². The van der Waals surface area contributed by atoms with Gasteiger partial charge < -0.3 is 0 Å². The number of benzene rings is 1. The zero-order valence-corrected chi connectivity index (χ0v) is 17.9. The van der Waals surface area contributed by atoms with Gasteiger partial charge in [-0.15, -0.1) is 22.7 Å². The highest BCUT2D eigenvalue weighted by Crippen LogP contribution is 2.41. The minimum atomic E-state index is 0.237. The molecule has 0 saturated heterocycles. The summed E-state index contributed by atoms with van der Waals surface area (Å²) in [6.07, 6.45) is 5.19. The van der Waals surface area contributed by atoms with Crippen LogP contribution in [0.3, 0.4) is 0 Å². The molecule has 0 radical (unpaired) electrons. The van der Waals surface area contributed by atoms with Crippen molar-refractivity contribution in [3.8, 4) is 0 Å². The maximum atomic E-state index is 4.91. The molecule has 2 nitrogen and oxygen atoms in total. The molecule has 0 aliphatic carbocycles. The van der Waals surface area contributed by atoms with E-state index in [0.717, 1.165) is 26.8 Å². The third kappa shape index (κ3) is 3.82. The SMILES string of the molecule is Brc1ccc(N2N=C(/C=C/c3cccs3)CC2c2cccs2)c(Br)c1. The van der Waals surface area contributed by atoms with Crippen molar-refractivity contribution in [2.45, 2.75) is 12.5 Å². The summed E-state index contributed by atoms with van der Waals surface area (Å²) in [7, 11) is 0. The quantitative estimate of drug-likeness (QED) is 0.370. The Hall–Kier alpha value is -1.21. The van der Waals surface area contributed by atoms with Crippen molar-refractivity contribution in [2.24, 2.45) is 5.10 Å². The van der Waals surface area contributed by atoms with E-state index in [4.69, 9.17) is 5.10 Å². The van der Waals surface area contributed by atoms with E-state index in [1.54, 1.807) is 22.7 Å². The van der Waals surface area contributed by atoms with Crippen molar-refractivity contribution in [2.75, 3.05) is 5.01 Å². The van der Waals surface area contributed by atoms with Gasteiger partial charge in [0.2, 0.25) is 0 Å². The first-order chi connectivity index (χ1) is 12.2. The molecule has 0 spiro atoms. The number of hydrogen-bond donors (Lipinski definition) is 0. The fourth-order valence-corrected chi connectivity index (χ4v) is 5.45. The van der Waals surface area contributed by atoms with E-state index in [1.165, 1.54) is 9.75 Å². The molecule has 3 heterocycles. The van der Waals surface area contributed by atoms with Gasteiger partial charge in [0.05, 0.1) is 17.4 Å². The number of nitrogens with zero attached hydrogens (tertiary/aromatic N) is 2. The van der Waals surface area contributed by atoms with E-state index < -0.39 is 0 Å². The van der Waals surface area contributed by atoms with Gasteiger partial charge in [-0.05, 0) is 69.2 Å². The Kier molecular flexibility index (Phi) is 5.22. The normalized spacial score (nSPS) is 17.4. The maximum absolute atomic E-state index is 4.91. The number of hydrazone groups is 1. The Morgan fingerprint density at radius 2 is 1.88 bits per heavy atom. The van der Waals surface area contributed by atoms with Crippen LogP contribution in [0.5, 0.6) is 0 Å². The molecule has 1 atom stereocenters. The lowest BCUT2D eigenvalue weighted by Crippen LogP contribution is -2.17. The van der Waals surface area contributed by atoms with Gasteiger partial charge in [0.15, 0.2) is 0 Å². The number of anilines is 1. The molecule has 0 amide bonds. The first-order valence-corrected chi connectivity index (χ1v) is 11.1. The van der Waals surface area contributed by atoms with Gasteiger partial charge in [0.1, 0.15) is 0 Å². The van der Waals surface area contributed by atoms with Gasteiger partial charge in [0, 0.05) is 25.1 Å². The van der Waals surface area contributed by atoms with Crippen LogP contribution >= 0.6 is 54.5 Å². The van der Waals surface area contributed by atoms with Crippen molar-refractivity contribution in [3.05, 3.63) is 78.0 Å². The molecular formula is C19H14Br2N2S2. The maximum Gasteiger partial charge on any atom is 0.0923 e. The topological polar surface area (TPSA) is 15.6 Å². The molecule has 3 aromatic rings. The second-order valence-corrected chi connectivity index (χ2v) is 9.34. The number of thiophene rings is 2. The first kappa shape index (κ1) is 17.2. The van der Waals surface area contributed by atoms with E-state index in [2.05, 4.69) is 102 Å². The molecule has 0 fully saturated rings. The minimum Gasteiger partial charge on any atom is -0.255 e. The summed E-state index contributed by atoms with van der Waals surface area (Å²) in [6, 6.07) is 14.9. The van der Waals surface area contributed by atoms with Crippen molar-refractivity contribution in [1.29, 1.82) is 0 Å². The third-order valence-corrected chi connectivity index (χ3v) is 6.88. The zero-order valence-electron chi connectivity index (χ0n) is 13.1. The average Bonchev–Trinajstić information content (AvgIpc) is 3.34. The smallest absolute Gasteiger partial charge is 0.0923 e. The van der Waals surface area contributed by atoms with Gasteiger partial charge in [-0.1, -0.05) is 28.1 Å². The Morgan fingerprint density at radius 1 is 1.04 bits per heavy atom. The van der Waals surface area contributed by atoms with Crippen molar-refractivity contribution >= 4 is 72.0 Å². The van der Waals surface area contributed by atoms with Gasteiger partial charge >= 0.3 is 0 Å². The molecule has 0 bridgehead atoms. The molecule has 0 N–H and O–H groups in total. The predicted octanol–water partition coefficient (Wildman–Crippen LogP) is 7.36. The highest BCUT2D eigenvalue weighted by atomic mass is 79.9. The molecule has 2 aromatic heterocycles. The second kappa shape index (κ2) is 7.58. The third-order valence-electron chi connectivity index (χ3n) is 3.95. The lowest BCUT2D eigenvalue weighted by atomic mass is 10.1. The van der Waals surface area contributed by atoms with Crippen molar-refractivity contribution < 1.29 is 0 Å². The van der Waals surface area contributed by atoms with Crippen LogP contribution in [0.15, 0.2) is 73.3 Å². The predicted molar refractivity (Wildman–Crippen MR) is 117 cm³/mol. The van der Waals surface area contributed by atoms with Crippen molar-refractivity contribution in [1.82, 2.24) is 0 Å². The van der Waals surface area contributed by atoms with E-state index in [0.29, 0.717) is 0 Å². The van der Waals surface area contributed by atoms with Gasteiger partial charge in [-0.2, -0.15) is 5.10 Å². The molecule has 1 aromatic carbocycles. The summed E-state index contributed by atoms with van der Waals surface area (Å²) in [5.41, 5.74) is 2.18. The van der Waals surface area contributed by atoms with Crippen LogP contribution in [0, 0.1) is 0 Å². The molecule has 25 heavy (non-hydrogen) atoms. The lowest BCUT2D eigenvalue weighted by molar-refractivity contribution is 0.720. The molecule has 6 heteroatoms. The second-order valence-electron chi connectivity index (χ2n) is 5.62. The molecular weight excluding hydrogens is 480 g/mol. The monoisotopic (exact) mass is 492 g/mol. The molecule has 0 saturated carbocycles. The Labute approximate surface area is 171 Å². The minimum absolute atomic E-state index is 0.237. The summed E-state index contributed by atoms with van der Waals surface area (Å²) < 4.78 is 2.09. The summed E-state index contributed by atoms with van der Waals surface area (Å²) in [5.74, 6) is 0. The van der Waals surface area contributed by atoms with Crippen LogP contribution < -0.4 is 5.01 Å². The van der Waals surface area contributed by atoms with E-state index in [1.807, 2.05) is 0 Å². The van der Waals surface area contributed by atoms with Gasteiger partial charge in [-0.25, -0.2) is 0 Å². The van der Waals surface area contributed by atoms with Crippen LogP contribution in [0.4, 0.5) is 5.69 Å². The highest BCUT2D eigenvalue weighted by molar-refractivity contribution is 9.11. The molecule has 1 unspecified atom stereocenters. The van der Waals surface area contributed by atoms with Gasteiger partial charge in [-0.3, -0.25) is 5.01 Å². The molecule has 1 aliphatic heterocycles. The molecule has 126 valence electrons. The van der Waals surface area contributed by atoms with Crippen LogP contribution in [-0.4, -0.2) is 5.71 Å². The van der Waals surface area contributed by atoms with Crippen molar-refractivity contribution in [3.63, 3.8) is 0 Å². The Bertz CT molecular complexity index is 915. The Morgan fingerprint density at radius 3 is 2.60 bits per heavy atom. The lowest BCUT2D eigenvalue weighted by Gasteiger charge is -2.23. The van der Waals surface area contributed by atoms with Crippen LogP contribution in [0.25, 0.3) is 6.08 Å². The highest BCUT2D eigenvalue weighted by Gasteiger charge is 2.30. The molecule has 4 rings (SSSR count). The van der Waals surface area contributed by atoms with Crippen LogP contribution in [0.2, 0.25) is 0 Å². The summed E-state index contributed by atoms with van der Waals surface area (Å²) >= 11 is 10.7. The van der Waals surface area contributed by atoms with Crippen LogP contribution in [-0.2, 0) is 0 Å². The van der Waals surface area contributed by atoms with E-state index in [9.17, 15) is 0 Å². The van der Waals surface area contributed by atoms with Crippen LogP contribution in [0.1, 0.15) is 22.2 Å². The summed E-state index contributed by atoms with van der Waals surface area (Å²) in [5, 5.41) is 11.3. The number of halogens is 2. The number of allylic oxidation sites excluding steroid dienone is 1. The largest absolute Gasteiger partial charge is 0.255 e. The Balaban J connectivity index is 1.68. The summed E-state index contributed by atoms with van der Waals surface area (Å²) in [4.78, 5) is 2.58. The number of rotatable bonds is 4. The fraction of sp³-hybridized carbons (Fsp3) is 0.105. The molecule has 1 aliphatic rings. The fourth-order valence-electron chi connectivity index (χ4n) is 2.79.